The summed E-state index contributed by atoms with van der Waals surface area (Å²) < 4.78 is 5.24. The van der Waals surface area contributed by atoms with Gasteiger partial charge in [-0.2, -0.15) is 5.10 Å². The summed E-state index contributed by atoms with van der Waals surface area (Å²) in [7, 11) is 1.64. The van der Waals surface area contributed by atoms with Crippen molar-refractivity contribution in [2.24, 2.45) is 5.10 Å². The number of nitrogens with zero attached hydrogens (tertiary/aromatic N) is 4. The van der Waals surface area contributed by atoms with Crippen LogP contribution in [0.25, 0.3) is 11.3 Å². The van der Waals surface area contributed by atoms with Gasteiger partial charge in [-0.1, -0.05) is 18.2 Å². The largest absolute Gasteiger partial charge is 0.497 e. The topological polar surface area (TPSA) is 80.9 Å². The van der Waals surface area contributed by atoms with Crippen LogP contribution in [0.3, 0.4) is 0 Å². The number of methoxy groups -OCH3 is 1. The molecule has 32 heavy (non-hydrogen) atoms. The third-order valence-electron chi connectivity index (χ3n) is 5.28. The molecule has 0 aliphatic carbocycles. The highest BCUT2D eigenvalue weighted by Gasteiger charge is 2.32. The summed E-state index contributed by atoms with van der Waals surface area (Å²) in [4.78, 5) is 16.6. The summed E-state index contributed by atoms with van der Waals surface area (Å²) in [5, 5.41) is 22.7. The molecule has 1 aliphatic heterocycles. The molecule has 2 aromatic carbocycles. The Labute approximate surface area is 192 Å². The van der Waals surface area contributed by atoms with Crippen LogP contribution in [0.1, 0.15) is 22.9 Å². The number of hydrogen-bond donors (Lipinski definition) is 0. The number of nitro groups is 1. The maximum Gasteiger partial charge on any atom is 0.269 e. The van der Waals surface area contributed by atoms with Gasteiger partial charge in [-0.25, -0.2) is 9.99 Å². The van der Waals surface area contributed by atoms with Gasteiger partial charge in [0.15, 0.2) is 0 Å². The highest BCUT2D eigenvalue weighted by Crippen LogP contribution is 2.40. The molecule has 0 spiro atoms. The number of aromatic nitrogens is 1. The Balaban J connectivity index is 1.49. The van der Waals surface area contributed by atoms with Crippen molar-refractivity contribution in [3.05, 3.63) is 92.0 Å². The first kappa shape index (κ1) is 20.3. The zero-order chi connectivity index (χ0) is 22.1. The molecule has 3 heterocycles. The van der Waals surface area contributed by atoms with E-state index in [0.717, 1.165) is 38.3 Å². The van der Waals surface area contributed by atoms with Gasteiger partial charge in [-0.05, 0) is 41.3 Å². The number of non-ortho nitro benzene ring substituents is 1. The number of ether oxygens (including phenoxy) is 1. The van der Waals surface area contributed by atoms with Crippen LogP contribution in [0, 0.1) is 10.1 Å². The second kappa shape index (κ2) is 8.52. The summed E-state index contributed by atoms with van der Waals surface area (Å²) >= 11 is 3.18. The van der Waals surface area contributed by atoms with Crippen molar-refractivity contribution in [2.75, 3.05) is 12.1 Å². The fourth-order valence-electron chi connectivity index (χ4n) is 3.62. The normalized spacial score (nSPS) is 15.6. The quantitative estimate of drug-likeness (QED) is 0.254. The molecule has 0 amide bonds. The predicted octanol–water partition coefficient (Wildman–Crippen LogP) is 6.14. The maximum atomic E-state index is 11.1. The summed E-state index contributed by atoms with van der Waals surface area (Å²) in [6, 6.07) is 18.5. The number of hydrazone groups is 1. The molecule has 5 rings (SSSR count). The molecule has 1 atom stereocenters. The van der Waals surface area contributed by atoms with Crippen molar-refractivity contribution < 1.29 is 9.66 Å². The number of thiazole rings is 1. The number of benzene rings is 2. The Morgan fingerprint density at radius 1 is 1.09 bits per heavy atom. The van der Waals surface area contributed by atoms with Crippen LogP contribution in [0.5, 0.6) is 5.75 Å². The van der Waals surface area contributed by atoms with E-state index < -0.39 is 0 Å². The summed E-state index contributed by atoms with van der Waals surface area (Å²) in [5.41, 5.74) is 3.90. The van der Waals surface area contributed by atoms with Crippen LogP contribution in [0.15, 0.2) is 76.5 Å². The monoisotopic (exact) mass is 462 g/mol. The molecule has 7 nitrogen and oxygen atoms in total. The van der Waals surface area contributed by atoms with Gasteiger partial charge in [0, 0.05) is 29.5 Å². The van der Waals surface area contributed by atoms with E-state index in [1.165, 1.54) is 11.3 Å². The second-order valence-corrected chi connectivity index (χ2v) is 8.97. The third-order valence-corrected chi connectivity index (χ3v) is 7.03. The fourth-order valence-corrected chi connectivity index (χ4v) is 5.17. The van der Waals surface area contributed by atoms with Gasteiger partial charge in [-0.3, -0.25) is 10.1 Å². The highest BCUT2D eigenvalue weighted by atomic mass is 32.1. The Morgan fingerprint density at radius 2 is 1.88 bits per heavy atom. The van der Waals surface area contributed by atoms with Crippen LogP contribution in [0.4, 0.5) is 10.8 Å². The van der Waals surface area contributed by atoms with Gasteiger partial charge in [0.25, 0.3) is 5.69 Å². The van der Waals surface area contributed by atoms with Gasteiger partial charge in [0.2, 0.25) is 5.13 Å². The second-order valence-electron chi connectivity index (χ2n) is 7.18. The Morgan fingerprint density at radius 3 is 2.53 bits per heavy atom. The van der Waals surface area contributed by atoms with E-state index in [2.05, 4.69) is 6.07 Å². The molecule has 0 radical (unpaired) electrons. The smallest absolute Gasteiger partial charge is 0.269 e. The molecule has 1 aliphatic rings. The van der Waals surface area contributed by atoms with Crippen molar-refractivity contribution in [2.45, 2.75) is 12.5 Å². The van der Waals surface area contributed by atoms with Crippen LogP contribution in [0.2, 0.25) is 0 Å². The number of anilines is 1. The zero-order valence-corrected chi connectivity index (χ0v) is 18.7. The van der Waals surface area contributed by atoms with Gasteiger partial charge >= 0.3 is 0 Å². The number of nitro benzene ring substituents is 1. The van der Waals surface area contributed by atoms with Crippen molar-refractivity contribution in [3.8, 4) is 17.0 Å². The number of thiophene rings is 1. The van der Waals surface area contributed by atoms with E-state index in [1.807, 2.05) is 46.1 Å². The lowest BCUT2D eigenvalue weighted by atomic mass is 10.0. The molecule has 4 aromatic rings. The number of rotatable bonds is 6. The van der Waals surface area contributed by atoms with E-state index in [9.17, 15) is 10.1 Å². The summed E-state index contributed by atoms with van der Waals surface area (Å²) in [6.07, 6.45) is 0.704. The third kappa shape index (κ3) is 3.88. The highest BCUT2D eigenvalue weighted by molar-refractivity contribution is 7.14. The Bertz CT molecular complexity index is 1270. The molecule has 2 aromatic heterocycles. The average Bonchev–Trinajstić information content (AvgIpc) is 3.59. The fraction of sp³-hybridized carbons (Fsp3) is 0.130. The predicted molar refractivity (Wildman–Crippen MR) is 128 cm³/mol. The molecule has 0 saturated carbocycles. The summed E-state index contributed by atoms with van der Waals surface area (Å²) in [6.45, 7) is 0. The van der Waals surface area contributed by atoms with Gasteiger partial charge in [0.05, 0.1) is 34.4 Å². The molecule has 160 valence electrons. The first-order valence-corrected chi connectivity index (χ1v) is 11.6. The van der Waals surface area contributed by atoms with Gasteiger partial charge < -0.3 is 4.74 Å². The molecule has 9 heteroatoms. The first-order chi connectivity index (χ1) is 15.6. The zero-order valence-electron chi connectivity index (χ0n) is 17.0. The minimum Gasteiger partial charge on any atom is -0.497 e. The van der Waals surface area contributed by atoms with E-state index >= 15 is 0 Å². The van der Waals surface area contributed by atoms with E-state index in [1.54, 1.807) is 42.7 Å². The van der Waals surface area contributed by atoms with Gasteiger partial charge in [0.1, 0.15) is 5.75 Å². The van der Waals surface area contributed by atoms with Crippen molar-refractivity contribution in [1.29, 1.82) is 0 Å². The van der Waals surface area contributed by atoms with Crippen molar-refractivity contribution >= 4 is 39.2 Å². The lowest BCUT2D eigenvalue weighted by molar-refractivity contribution is -0.384. The van der Waals surface area contributed by atoms with E-state index in [4.69, 9.17) is 14.8 Å². The molecule has 0 bridgehead atoms. The van der Waals surface area contributed by atoms with Crippen LogP contribution >= 0.6 is 22.7 Å². The Kier molecular flexibility index (Phi) is 5.42. The van der Waals surface area contributed by atoms with Crippen LogP contribution in [-0.4, -0.2) is 22.7 Å². The molecular weight excluding hydrogens is 444 g/mol. The molecule has 0 unspecified atom stereocenters. The molecule has 0 fully saturated rings. The molecular formula is C23H18N4O3S2. The number of hydrogen-bond acceptors (Lipinski definition) is 8. The van der Waals surface area contributed by atoms with E-state index in [0.29, 0.717) is 6.42 Å². The minimum absolute atomic E-state index is 0.0775. The Hall–Kier alpha value is -3.56. The molecule has 0 saturated heterocycles. The lowest BCUT2D eigenvalue weighted by Crippen LogP contribution is -2.18. The lowest BCUT2D eigenvalue weighted by Gasteiger charge is -2.21. The standard InChI is InChI=1S/C23H18N4O3S2/c1-30-18-10-6-15(7-11-18)20-14-32-23(24-20)26-21(13-19(25-26)22-3-2-12-31-22)16-4-8-17(9-5-16)27(28)29/h2-12,14,21H,13H2,1H3/t21-/m1/s1. The van der Waals surface area contributed by atoms with Crippen molar-refractivity contribution in [1.82, 2.24) is 4.98 Å². The molecule has 0 N–H and O–H groups in total. The van der Waals surface area contributed by atoms with Crippen molar-refractivity contribution in [3.63, 3.8) is 0 Å². The summed E-state index contributed by atoms with van der Waals surface area (Å²) in [5.74, 6) is 0.798. The maximum absolute atomic E-state index is 11.1. The van der Waals surface area contributed by atoms with Crippen LogP contribution in [-0.2, 0) is 0 Å². The minimum atomic E-state index is -0.383. The van der Waals surface area contributed by atoms with Gasteiger partial charge in [-0.15, -0.1) is 22.7 Å². The van der Waals surface area contributed by atoms with Crippen LogP contribution < -0.4 is 9.75 Å². The average molecular weight is 463 g/mol. The van der Waals surface area contributed by atoms with E-state index in [-0.39, 0.29) is 16.7 Å². The SMILES string of the molecule is COc1ccc(-c2csc(N3N=C(c4cccs4)C[C@@H]3c3ccc([N+](=O)[O-])cc3)n2)cc1. The first-order valence-electron chi connectivity index (χ1n) is 9.87.